The zero-order valence-corrected chi connectivity index (χ0v) is 15.8. The van der Waals surface area contributed by atoms with Crippen LogP contribution in [-0.4, -0.2) is 76.6 Å². The lowest BCUT2D eigenvalue weighted by Gasteiger charge is -2.29. The van der Waals surface area contributed by atoms with Crippen LogP contribution in [0.3, 0.4) is 0 Å². The molecule has 2 aliphatic rings. The number of hydrogen-bond donors (Lipinski definition) is 2. The lowest BCUT2D eigenvalue weighted by Crippen LogP contribution is -2.39. The first kappa shape index (κ1) is 19.9. The van der Waals surface area contributed by atoms with E-state index in [9.17, 15) is 4.39 Å². The third-order valence-electron chi connectivity index (χ3n) is 4.86. The molecule has 0 unspecified atom stereocenters. The lowest BCUT2D eigenvalue weighted by atomic mass is 10.1. The van der Waals surface area contributed by atoms with Crippen molar-refractivity contribution in [3.05, 3.63) is 29.6 Å². The van der Waals surface area contributed by atoms with Gasteiger partial charge in [-0.2, -0.15) is 0 Å². The van der Waals surface area contributed by atoms with E-state index in [1.165, 1.54) is 0 Å². The van der Waals surface area contributed by atoms with Gasteiger partial charge in [-0.25, -0.2) is 9.38 Å². The Morgan fingerprint density at radius 1 is 1.11 bits per heavy atom. The summed E-state index contributed by atoms with van der Waals surface area (Å²) in [7, 11) is 0. The van der Waals surface area contributed by atoms with Crippen molar-refractivity contribution in [2.75, 3.05) is 70.6 Å². The number of nitrogens with one attached hydrogen (secondary N) is 1. The smallest absolute Gasteiger partial charge is 0.188 e. The van der Waals surface area contributed by atoms with Crippen LogP contribution in [0.25, 0.3) is 0 Å². The van der Waals surface area contributed by atoms with Crippen LogP contribution in [0.2, 0.25) is 0 Å². The van der Waals surface area contributed by atoms with E-state index in [2.05, 4.69) is 15.2 Å². The highest BCUT2D eigenvalue weighted by atomic mass is 19.1. The third-order valence-corrected chi connectivity index (χ3v) is 4.86. The molecule has 0 amide bonds. The van der Waals surface area contributed by atoms with Gasteiger partial charge < -0.3 is 25.4 Å². The first-order chi connectivity index (χ1) is 13.2. The third kappa shape index (κ3) is 6.34. The molecule has 2 aliphatic heterocycles. The molecule has 7 nitrogen and oxygen atoms in total. The SMILES string of the molecule is NC(=NCc1ccc(N2CCOCC2)c(F)c1)NCCCN1CCOCC1. The molecular formula is C19H30FN5O2. The molecular weight excluding hydrogens is 349 g/mol. The predicted octanol–water partition coefficient (Wildman–Crippen LogP) is 0.789. The number of rotatable bonds is 7. The number of anilines is 1. The minimum atomic E-state index is -0.221. The average molecular weight is 379 g/mol. The number of aliphatic imine (C=N–C) groups is 1. The monoisotopic (exact) mass is 379 g/mol. The molecule has 0 radical (unpaired) electrons. The van der Waals surface area contributed by atoms with E-state index in [-0.39, 0.29) is 5.82 Å². The van der Waals surface area contributed by atoms with Gasteiger partial charge in [0.25, 0.3) is 0 Å². The van der Waals surface area contributed by atoms with Gasteiger partial charge in [0.1, 0.15) is 5.82 Å². The van der Waals surface area contributed by atoms with E-state index in [0.717, 1.165) is 64.5 Å². The fraction of sp³-hybridized carbons (Fsp3) is 0.632. The lowest BCUT2D eigenvalue weighted by molar-refractivity contribution is 0.0376. The molecule has 0 bridgehead atoms. The number of ether oxygens (including phenoxy) is 2. The second kappa shape index (κ2) is 10.4. The number of nitrogens with two attached hydrogens (primary N) is 1. The highest BCUT2D eigenvalue weighted by Crippen LogP contribution is 2.21. The van der Waals surface area contributed by atoms with Gasteiger partial charge in [0.05, 0.1) is 38.7 Å². The Labute approximate surface area is 160 Å². The minimum Gasteiger partial charge on any atom is -0.379 e. The van der Waals surface area contributed by atoms with Gasteiger partial charge in [-0.3, -0.25) is 4.90 Å². The standard InChI is InChI=1S/C19H30FN5O2/c20-17-14-16(2-3-18(17)25-8-12-27-13-9-25)15-23-19(21)22-4-1-5-24-6-10-26-11-7-24/h2-3,14H,1,4-13,15H2,(H3,21,22,23). The maximum Gasteiger partial charge on any atom is 0.188 e. The summed E-state index contributed by atoms with van der Waals surface area (Å²) in [5.41, 5.74) is 7.35. The fourth-order valence-corrected chi connectivity index (χ4v) is 3.29. The summed E-state index contributed by atoms with van der Waals surface area (Å²) in [6.07, 6.45) is 0.999. The van der Waals surface area contributed by atoms with Crippen LogP contribution in [0.1, 0.15) is 12.0 Å². The quantitative estimate of drug-likeness (QED) is 0.415. The summed E-state index contributed by atoms with van der Waals surface area (Å²) in [5.74, 6) is 0.177. The summed E-state index contributed by atoms with van der Waals surface area (Å²) in [4.78, 5) is 8.71. The molecule has 0 aromatic heterocycles. The summed E-state index contributed by atoms with van der Waals surface area (Å²) in [6, 6.07) is 5.26. The van der Waals surface area contributed by atoms with Crippen LogP contribution in [0.5, 0.6) is 0 Å². The van der Waals surface area contributed by atoms with Crippen molar-refractivity contribution in [3.63, 3.8) is 0 Å². The van der Waals surface area contributed by atoms with Crippen molar-refractivity contribution in [1.82, 2.24) is 10.2 Å². The van der Waals surface area contributed by atoms with E-state index in [4.69, 9.17) is 15.2 Å². The predicted molar refractivity (Wildman–Crippen MR) is 105 cm³/mol. The molecule has 1 aromatic rings. The Kier molecular flexibility index (Phi) is 7.67. The van der Waals surface area contributed by atoms with Gasteiger partial charge >= 0.3 is 0 Å². The number of benzene rings is 1. The Hall–Kier alpha value is -1.90. The maximum absolute atomic E-state index is 14.4. The first-order valence-electron chi connectivity index (χ1n) is 9.67. The van der Waals surface area contributed by atoms with Crippen molar-refractivity contribution in [3.8, 4) is 0 Å². The number of nitrogens with zero attached hydrogens (tertiary/aromatic N) is 3. The second-order valence-corrected chi connectivity index (χ2v) is 6.82. The molecule has 0 spiro atoms. The molecule has 0 saturated carbocycles. The molecule has 27 heavy (non-hydrogen) atoms. The van der Waals surface area contributed by atoms with Crippen molar-refractivity contribution in [1.29, 1.82) is 0 Å². The summed E-state index contributed by atoms with van der Waals surface area (Å²) in [5, 5.41) is 3.12. The van der Waals surface area contributed by atoms with Crippen molar-refractivity contribution < 1.29 is 13.9 Å². The number of guanidine groups is 1. The van der Waals surface area contributed by atoms with Crippen molar-refractivity contribution >= 4 is 11.6 Å². The largest absolute Gasteiger partial charge is 0.379 e. The van der Waals surface area contributed by atoms with E-state index in [1.54, 1.807) is 6.07 Å². The van der Waals surface area contributed by atoms with Crippen LogP contribution in [0, 0.1) is 5.82 Å². The molecule has 2 fully saturated rings. The van der Waals surface area contributed by atoms with Gasteiger partial charge in [0.2, 0.25) is 0 Å². The highest BCUT2D eigenvalue weighted by molar-refractivity contribution is 5.77. The summed E-state index contributed by atoms with van der Waals surface area (Å²) >= 11 is 0. The van der Waals surface area contributed by atoms with Crippen LogP contribution >= 0.6 is 0 Å². The van der Waals surface area contributed by atoms with Crippen LogP contribution in [0.4, 0.5) is 10.1 Å². The van der Waals surface area contributed by atoms with Gasteiger partial charge in [0, 0.05) is 32.7 Å². The molecule has 0 atom stereocenters. The maximum atomic E-state index is 14.4. The minimum absolute atomic E-state index is 0.221. The van der Waals surface area contributed by atoms with Crippen LogP contribution < -0.4 is 16.0 Å². The van der Waals surface area contributed by atoms with Crippen molar-refractivity contribution in [2.24, 2.45) is 10.7 Å². The molecule has 0 aliphatic carbocycles. The normalized spacial score (nSPS) is 19.3. The molecule has 1 aromatic carbocycles. The van der Waals surface area contributed by atoms with Gasteiger partial charge in [0.15, 0.2) is 5.96 Å². The van der Waals surface area contributed by atoms with E-state index in [0.29, 0.717) is 31.4 Å². The fourth-order valence-electron chi connectivity index (χ4n) is 3.29. The zero-order chi connectivity index (χ0) is 18.9. The Morgan fingerprint density at radius 3 is 2.52 bits per heavy atom. The van der Waals surface area contributed by atoms with E-state index < -0.39 is 0 Å². The molecule has 3 rings (SSSR count). The zero-order valence-electron chi connectivity index (χ0n) is 15.8. The number of halogens is 1. The van der Waals surface area contributed by atoms with E-state index in [1.807, 2.05) is 17.0 Å². The Morgan fingerprint density at radius 2 is 1.81 bits per heavy atom. The van der Waals surface area contributed by atoms with Gasteiger partial charge in [-0.1, -0.05) is 6.07 Å². The topological polar surface area (TPSA) is 75.3 Å². The average Bonchev–Trinajstić information content (AvgIpc) is 2.71. The van der Waals surface area contributed by atoms with Crippen molar-refractivity contribution in [2.45, 2.75) is 13.0 Å². The van der Waals surface area contributed by atoms with Crippen LogP contribution in [-0.2, 0) is 16.0 Å². The van der Waals surface area contributed by atoms with Gasteiger partial charge in [-0.15, -0.1) is 0 Å². The molecule has 2 saturated heterocycles. The molecule has 8 heteroatoms. The van der Waals surface area contributed by atoms with Gasteiger partial charge in [-0.05, 0) is 30.7 Å². The molecule has 3 N–H and O–H groups in total. The Balaban J connectivity index is 1.40. The number of morpholine rings is 2. The number of hydrogen-bond acceptors (Lipinski definition) is 5. The molecule has 2 heterocycles. The van der Waals surface area contributed by atoms with Crippen LogP contribution in [0.15, 0.2) is 23.2 Å². The highest BCUT2D eigenvalue weighted by Gasteiger charge is 2.15. The summed E-state index contributed by atoms with van der Waals surface area (Å²) < 4.78 is 25.0. The van der Waals surface area contributed by atoms with E-state index >= 15 is 0 Å². The molecule has 150 valence electrons. The Bertz CT molecular complexity index is 616. The summed E-state index contributed by atoms with van der Waals surface area (Å²) in [6.45, 7) is 8.50. The first-order valence-corrected chi connectivity index (χ1v) is 9.67. The second-order valence-electron chi connectivity index (χ2n) is 6.82.